The fourth-order valence-corrected chi connectivity index (χ4v) is 2.85. The lowest BCUT2D eigenvalue weighted by molar-refractivity contribution is 0.0782. The Morgan fingerprint density at radius 3 is 2.88 bits per heavy atom. The molecule has 6 heteroatoms. The fraction of sp³-hybridized carbons (Fsp3) is 0.636. The molecule has 0 bridgehead atoms. The minimum atomic E-state index is -0.0520. The van der Waals surface area contributed by atoms with Gasteiger partial charge in [0.15, 0.2) is 0 Å². The predicted octanol–water partition coefficient (Wildman–Crippen LogP) is 0.477. The predicted molar refractivity (Wildman–Crippen MR) is 66.5 cm³/mol. The van der Waals surface area contributed by atoms with Crippen LogP contribution in [-0.2, 0) is 4.74 Å². The third-order valence-corrected chi connectivity index (χ3v) is 3.96. The molecule has 1 amide bonds. The number of aryl methyl sites for hydroxylation is 2. The normalized spacial score (nSPS) is 23.9. The number of hydrogen-bond acceptors (Lipinski definition) is 5. The van der Waals surface area contributed by atoms with Crippen LogP contribution in [0.25, 0.3) is 0 Å². The maximum atomic E-state index is 12.1. The largest absolute Gasteiger partial charge is 0.378 e. The summed E-state index contributed by atoms with van der Waals surface area (Å²) in [5, 5.41) is 7.11. The molecule has 0 aromatic carbocycles. The lowest BCUT2D eigenvalue weighted by atomic mass is 10.2. The van der Waals surface area contributed by atoms with Gasteiger partial charge in [-0.2, -0.15) is 0 Å². The van der Waals surface area contributed by atoms with E-state index in [0.717, 1.165) is 23.8 Å². The molecular weight excluding hydrogens is 238 g/mol. The summed E-state index contributed by atoms with van der Waals surface area (Å²) in [6.07, 6.45) is 0.0493. The number of rotatable bonds is 3. The van der Waals surface area contributed by atoms with Crippen molar-refractivity contribution in [3.8, 4) is 0 Å². The molecule has 2 heterocycles. The zero-order valence-electron chi connectivity index (χ0n) is 10.2. The molecule has 5 nitrogen and oxygen atoms in total. The Morgan fingerprint density at radius 1 is 1.53 bits per heavy atom. The molecule has 1 aromatic rings. The number of thiazole rings is 1. The number of methoxy groups -OCH3 is 1. The second-order valence-corrected chi connectivity index (χ2v) is 5.36. The van der Waals surface area contributed by atoms with Crippen molar-refractivity contribution >= 4 is 17.2 Å². The average Bonchev–Trinajstić information content (AvgIpc) is 2.84. The van der Waals surface area contributed by atoms with Gasteiger partial charge >= 0.3 is 0 Å². The minimum absolute atomic E-state index is 0.0364. The first-order valence-corrected chi connectivity index (χ1v) is 6.42. The molecule has 2 atom stereocenters. The van der Waals surface area contributed by atoms with Crippen LogP contribution in [0.15, 0.2) is 0 Å². The first-order valence-electron chi connectivity index (χ1n) is 5.60. The van der Waals surface area contributed by atoms with Crippen molar-refractivity contribution in [2.45, 2.75) is 26.0 Å². The molecule has 0 unspecified atom stereocenters. The van der Waals surface area contributed by atoms with Gasteiger partial charge in [0.1, 0.15) is 4.88 Å². The monoisotopic (exact) mass is 255 g/mol. The summed E-state index contributed by atoms with van der Waals surface area (Å²) in [6, 6.07) is 0.0364. The molecule has 1 fully saturated rings. The van der Waals surface area contributed by atoms with Crippen LogP contribution in [0.3, 0.4) is 0 Å². The zero-order valence-corrected chi connectivity index (χ0v) is 11.1. The van der Waals surface area contributed by atoms with Gasteiger partial charge in [0, 0.05) is 20.2 Å². The van der Waals surface area contributed by atoms with E-state index in [1.54, 1.807) is 7.11 Å². The van der Waals surface area contributed by atoms with Crippen LogP contribution in [-0.4, -0.2) is 43.2 Å². The molecular formula is C11H17N3O2S. The number of nitrogens with zero attached hydrogens (tertiary/aromatic N) is 1. The summed E-state index contributed by atoms with van der Waals surface area (Å²) in [5.74, 6) is -0.0520. The summed E-state index contributed by atoms with van der Waals surface area (Å²) in [7, 11) is 1.67. The highest BCUT2D eigenvalue weighted by atomic mass is 32.1. The first kappa shape index (κ1) is 12.5. The van der Waals surface area contributed by atoms with Crippen molar-refractivity contribution in [2.75, 3.05) is 20.2 Å². The summed E-state index contributed by atoms with van der Waals surface area (Å²) >= 11 is 1.43. The summed E-state index contributed by atoms with van der Waals surface area (Å²) < 4.78 is 5.31. The highest BCUT2D eigenvalue weighted by Crippen LogP contribution is 2.17. The molecule has 0 spiro atoms. The molecule has 17 heavy (non-hydrogen) atoms. The van der Waals surface area contributed by atoms with Gasteiger partial charge in [-0.05, 0) is 13.8 Å². The lowest BCUT2D eigenvalue weighted by Crippen LogP contribution is -2.43. The number of carbonyl (C=O) groups excluding carboxylic acids is 1. The first-order chi connectivity index (χ1) is 8.11. The fourth-order valence-electron chi connectivity index (χ4n) is 2.02. The SMILES string of the molecule is CO[C@H]1CNC[C@H]1NC(=O)c1sc(C)nc1C. The van der Waals surface area contributed by atoms with E-state index in [2.05, 4.69) is 15.6 Å². The Balaban J connectivity index is 2.04. The Bertz CT molecular complexity index is 419. The minimum Gasteiger partial charge on any atom is -0.378 e. The Labute approximate surface area is 105 Å². The van der Waals surface area contributed by atoms with E-state index in [9.17, 15) is 4.79 Å². The van der Waals surface area contributed by atoms with E-state index >= 15 is 0 Å². The van der Waals surface area contributed by atoms with Gasteiger partial charge in [-0.1, -0.05) is 0 Å². The second kappa shape index (κ2) is 5.12. The van der Waals surface area contributed by atoms with Crippen LogP contribution in [0.1, 0.15) is 20.4 Å². The van der Waals surface area contributed by atoms with Crippen LogP contribution in [0.5, 0.6) is 0 Å². The summed E-state index contributed by atoms with van der Waals surface area (Å²) in [5.41, 5.74) is 0.796. The van der Waals surface area contributed by atoms with Crippen LogP contribution in [0.4, 0.5) is 0 Å². The van der Waals surface area contributed by atoms with E-state index in [0.29, 0.717) is 4.88 Å². The number of aromatic nitrogens is 1. The van der Waals surface area contributed by atoms with Crippen molar-refractivity contribution in [1.29, 1.82) is 0 Å². The van der Waals surface area contributed by atoms with Crippen LogP contribution in [0, 0.1) is 13.8 Å². The van der Waals surface area contributed by atoms with Crippen molar-refractivity contribution in [2.24, 2.45) is 0 Å². The van der Waals surface area contributed by atoms with Gasteiger partial charge in [0.2, 0.25) is 0 Å². The van der Waals surface area contributed by atoms with Gasteiger partial charge in [-0.15, -0.1) is 11.3 Å². The molecule has 0 radical (unpaired) electrons. The van der Waals surface area contributed by atoms with E-state index in [1.165, 1.54) is 11.3 Å². The van der Waals surface area contributed by atoms with E-state index in [4.69, 9.17) is 4.74 Å². The lowest BCUT2D eigenvalue weighted by Gasteiger charge is -2.18. The third kappa shape index (κ3) is 2.65. The van der Waals surface area contributed by atoms with E-state index < -0.39 is 0 Å². The molecule has 0 aliphatic carbocycles. The number of ether oxygens (including phenoxy) is 1. The molecule has 0 saturated carbocycles. The molecule has 1 aromatic heterocycles. The standard InChI is InChI=1S/C11H17N3O2S/c1-6-10(17-7(2)13-6)11(15)14-8-4-12-5-9(8)16-3/h8-9,12H,4-5H2,1-3H3,(H,14,15)/t8-,9+/m1/s1. The molecule has 1 aliphatic rings. The van der Waals surface area contributed by atoms with Crippen molar-refractivity contribution < 1.29 is 9.53 Å². The number of amides is 1. The molecule has 2 rings (SSSR count). The van der Waals surface area contributed by atoms with Gasteiger partial charge in [0.05, 0.1) is 22.8 Å². The van der Waals surface area contributed by atoms with Crippen molar-refractivity contribution in [3.63, 3.8) is 0 Å². The molecule has 2 N–H and O–H groups in total. The highest BCUT2D eigenvalue weighted by molar-refractivity contribution is 7.13. The third-order valence-electron chi connectivity index (χ3n) is 2.89. The van der Waals surface area contributed by atoms with E-state index in [1.807, 2.05) is 13.8 Å². The molecule has 1 saturated heterocycles. The maximum absolute atomic E-state index is 12.1. The average molecular weight is 255 g/mol. The number of hydrogen-bond donors (Lipinski definition) is 2. The van der Waals surface area contributed by atoms with Crippen molar-refractivity contribution in [3.05, 3.63) is 15.6 Å². The van der Waals surface area contributed by atoms with Crippen molar-refractivity contribution in [1.82, 2.24) is 15.6 Å². The van der Waals surface area contributed by atoms with Crippen LogP contribution < -0.4 is 10.6 Å². The highest BCUT2D eigenvalue weighted by Gasteiger charge is 2.29. The number of carbonyl (C=O) groups is 1. The topological polar surface area (TPSA) is 63.2 Å². The number of nitrogens with one attached hydrogen (secondary N) is 2. The van der Waals surface area contributed by atoms with Gasteiger partial charge < -0.3 is 15.4 Å². The van der Waals surface area contributed by atoms with Gasteiger partial charge in [-0.25, -0.2) is 4.98 Å². The van der Waals surface area contributed by atoms with Crippen LogP contribution >= 0.6 is 11.3 Å². The summed E-state index contributed by atoms with van der Waals surface area (Å²) in [6.45, 7) is 5.30. The molecule has 94 valence electrons. The Kier molecular flexibility index (Phi) is 3.76. The second-order valence-electron chi connectivity index (χ2n) is 4.16. The quantitative estimate of drug-likeness (QED) is 0.824. The van der Waals surface area contributed by atoms with Gasteiger partial charge in [-0.3, -0.25) is 4.79 Å². The Hall–Kier alpha value is -0.980. The Morgan fingerprint density at radius 2 is 2.29 bits per heavy atom. The van der Waals surface area contributed by atoms with E-state index in [-0.39, 0.29) is 18.1 Å². The maximum Gasteiger partial charge on any atom is 0.263 e. The smallest absolute Gasteiger partial charge is 0.263 e. The van der Waals surface area contributed by atoms with Gasteiger partial charge in [0.25, 0.3) is 5.91 Å². The summed E-state index contributed by atoms with van der Waals surface area (Å²) in [4.78, 5) is 17.0. The van der Waals surface area contributed by atoms with Crippen LogP contribution in [0.2, 0.25) is 0 Å². The zero-order chi connectivity index (χ0) is 12.4. The molecule has 1 aliphatic heterocycles.